The van der Waals surface area contributed by atoms with Gasteiger partial charge in [0.2, 0.25) is 11.8 Å². The summed E-state index contributed by atoms with van der Waals surface area (Å²) in [5, 5.41) is 3.12. The molecule has 2 amide bonds. The molecule has 4 nitrogen and oxygen atoms in total. The minimum Gasteiger partial charge on any atom is -0.352 e. The van der Waals surface area contributed by atoms with Crippen LogP contribution < -0.4 is 5.32 Å². The zero-order valence-corrected chi connectivity index (χ0v) is 21.2. The van der Waals surface area contributed by atoms with E-state index >= 15 is 0 Å². The topological polar surface area (TPSA) is 49.4 Å². The Hall–Kier alpha value is -3.40. The molecule has 0 radical (unpaired) electrons. The zero-order valence-electron chi connectivity index (χ0n) is 21.2. The summed E-state index contributed by atoms with van der Waals surface area (Å²) in [6.45, 7) is 6.59. The van der Waals surface area contributed by atoms with Crippen molar-refractivity contribution in [2.75, 3.05) is 0 Å². The third-order valence-corrected chi connectivity index (χ3v) is 6.53. The largest absolute Gasteiger partial charge is 0.352 e. The van der Waals surface area contributed by atoms with Crippen LogP contribution in [0.1, 0.15) is 55.9 Å². The van der Waals surface area contributed by atoms with Gasteiger partial charge >= 0.3 is 0 Å². The van der Waals surface area contributed by atoms with Crippen molar-refractivity contribution in [3.63, 3.8) is 0 Å². The zero-order chi connectivity index (χ0) is 25.0. The molecule has 0 fully saturated rings. The van der Waals surface area contributed by atoms with E-state index in [4.69, 9.17) is 0 Å². The lowest BCUT2D eigenvalue weighted by Crippen LogP contribution is -2.52. The molecule has 0 aliphatic rings. The summed E-state index contributed by atoms with van der Waals surface area (Å²) in [5.74, 6) is -0.103. The van der Waals surface area contributed by atoms with E-state index in [0.717, 1.165) is 29.5 Å². The van der Waals surface area contributed by atoms with Crippen LogP contribution in [0, 0.1) is 0 Å². The molecule has 3 aromatic rings. The van der Waals surface area contributed by atoms with E-state index in [0.29, 0.717) is 25.8 Å². The van der Waals surface area contributed by atoms with Crippen LogP contribution in [0.15, 0.2) is 84.9 Å². The molecule has 0 bridgehead atoms. The number of hydrogen-bond donors (Lipinski definition) is 1. The molecule has 0 aromatic heterocycles. The number of nitrogens with one attached hydrogen (secondary N) is 1. The molecule has 1 N–H and O–H groups in total. The number of nitrogens with zero attached hydrogens (tertiary/aromatic N) is 1. The van der Waals surface area contributed by atoms with Gasteiger partial charge in [0.1, 0.15) is 6.04 Å². The highest BCUT2D eigenvalue weighted by atomic mass is 16.2. The third-order valence-electron chi connectivity index (χ3n) is 6.53. The highest BCUT2D eigenvalue weighted by molar-refractivity contribution is 5.88. The average Bonchev–Trinajstić information content (AvgIpc) is 2.90. The smallest absolute Gasteiger partial charge is 0.243 e. The number of carbonyl (C=O) groups excluding carboxylic acids is 2. The number of hydrogen-bond acceptors (Lipinski definition) is 2. The monoisotopic (exact) mass is 470 g/mol. The summed E-state index contributed by atoms with van der Waals surface area (Å²) in [7, 11) is 0. The first-order chi connectivity index (χ1) is 17.0. The van der Waals surface area contributed by atoms with Crippen molar-refractivity contribution < 1.29 is 9.59 Å². The van der Waals surface area contributed by atoms with Gasteiger partial charge in [-0.3, -0.25) is 9.59 Å². The van der Waals surface area contributed by atoms with Crippen LogP contribution in [-0.4, -0.2) is 28.8 Å². The molecule has 35 heavy (non-hydrogen) atoms. The van der Waals surface area contributed by atoms with Gasteiger partial charge in [-0.25, -0.2) is 0 Å². The Labute approximate surface area is 210 Å². The standard InChI is InChI=1S/C31H38N2O2/c1-4-24(3)32-31(35)29(22-27-12-8-6-9-13-27)33(23-28-14-10-7-11-15-28)30(34)21-20-26-18-16-25(5-2)17-19-26/h6-19,24,29H,4-5,20-23H2,1-3H3,(H,32,35)/t24-,29-/m0/s1. The van der Waals surface area contributed by atoms with Crippen LogP contribution in [-0.2, 0) is 35.4 Å². The Morgan fingerprint density at radius 1 is 0.771 bits per heavy atom. The van der Waals surface area contributed by atoms with Crippen molar-refractivity contribution in [3.8, 4) is 0 Å². The molecule has 0 unspecified atom stereocenters. The van der Waals surface area contributed by atoms with E-state index in [-0.39, 0.29) is 17.9 Å². The molecule has 2 atom stereocenters. The van der Waals surface area contributed by atoms with E-state index in [9.17, 15) is 9.59 Å². The van der Waals surface area contributed by atoms with Crippen molar-refractivity contribution in [1.82, 2.24) is 10.2 Å². The Bertz CT molecular complexity index is 1050. The lowest BCUT2D eigenvalue weighted by Gasteiger charge is -2.32. The van der Waals surface area contributed by atoms with Gasteiger partial charge in [0.15, 0.2) is 0 Å². The summed E-state index contributed by atoms with van der Waals surface area (Å²) in [6, 6.07) is 27.8. The van der Waals surface area contributed by atoms with Gasteiger partial charge in [0, 0.05) is 25.4 Å². The second-order valence-corrected chi connectivity index (χ2v) is 9.20. The summed E-state index contributed by atoms with van der Waals surface area (Å²) in [4.78, 5) is 29.0. The van der Waals surface area contributed by atoms with Crippen molar-refractivity contribution >= 4 is 11.8 Å². The second kappa shape index (κ2) is 13.5. The maximum absolute atomic E-state index is 13.7. The summed E-state index contributed by atoms with van der Waals surface area (Å²) >= 11 is 0. The van der Waals surface area contributed by atoms with E-state index in [1.165, 1.54) is 5.56 Å². The maximum Gasteiger partial charge on any atom is 0.243 e. The van der Waals surface area contributed by atoms with Crippen LogP contribution in [0.3, 0.4) is 0 Å². The number of amides is 2. The average molecular weight is 471 g/mol. The van der Waals surface area contributed by atoms with Gasteiger partial charge in [-0.15, -0.1) is 0 Å². The lowest BCUT2D eigenvalue weighted by molar-refractivity contribution is -0.141. The van der Waals surface area contributed by atoms with Gasteiger partial charge in [-0.2, -0.15) is 0 Å². The molecular formula is C31H38N2O2. The summed E-state index contributed by atoms with van der Waals surface area (Å²) in [6.07, 6.45) is 3.33. The van der Waals surface area contributed by atoms with Gasteiger partial charge in [-0.1, -0.05) is 98.8 Å². The molecule has 4 heteroatoms. The highest BCUT2D eigenvalue weighted by Crippen LogP contribution is 2.17. The van der Waals surface area contributed by atoms with Crippen LogP contribution in [0.5, 0.6) is 0 Å². The van der Waals surface area contributed by atoms with E-state index in [2.05, 4.69) is 36.5 Å². The molecular weight excluding hydrogens is 432 g/mol. The Kier molecular flexibility index (Phi) is 10.1. The minimum absolute atomic E-state index is 0.00588. The third kappa shape index (κ3) is 8.10. The van der Waals surface area contributed by atoms with Crippen molar-refractivity contribution in [2.24, 2.45) is 0 Å². The lowest BCUT2D eigenvalue weighted by atomic mass is 10.0. The molecule has 0 spiro atoms. The second-order valence-electron chi connectivity index (χ2n) is 9.20. The van der Waals surface area contributed by atoms with E-state index in [1.807, 2.05) is 74.5 Å². The SMILES string of the molecule is CCc1ccc(CCC(=O)N(Cc2ccccc2)[C@@H](Cc2ccccc2)C(=O)N[C@@H](C)CC)cc1. The van der Waals surface area contributed by atoms with Crippen molar-refractivity contribution in [3.05, 3.63) is 107 Å². The molecule has 3 aromatic carbocycles. The van der Waals surface area contributed by atoms with Crippen molar-refractivity contribution in [2.45, 2.75) is 71.5 Å². The van der Waals surface area contributed by atoms with E-state index in [1.54, 1.807) is 4.90 Å². The molecule has 0 saturated heterocycles. The normalized spacial score (nSPS) is 12.5. The predicted molar refractivity (Wildman–Crippen MR) is 143 cm³/mol. The molecule has 0 heterocycles. The van der Waals surface area contributed by atoms with Gasteiger partial charge in [0.25, 0.3) is 0 Å². The molecule has 3 rings (SSSR count). The fourth-order valence-corrected chi connectivity index (χ4v) is 4.11. The van der Waals surface area contributed by atoms with E-state index < -0.39 is 6.04 Å². The summed E-state index contributed by atoms with van der Waals surface area (Å²) in [5.41, 5.74) is 4.48. The molecule has 0 aliphatic heterocycles. The Balaban J connectivity index is 1.86. The first kappa shape index (κ1) is 26.2. The first-order valence-corrected chi connectivity index (χ1v) is 12.8. The van der Waals surface area contributed by atoms with Crippen LogP contribution in [0.4, 0.5) is 0 Å². The number of aryl methyl sites for hydroxylation is 2. The fourth-order valence-electron chi connectivity index (χ4n) is 4.11. The molecule has 184 valence electrons. The van der Waals surface area contributed by atoms with Crippen LogP contribution >= 0.6 is 0 Å². The van der Waals surface area contributed by atoms with Crippen molar-refractivity contribution in [1.29, 1.82) is 0 Å². The Morgan fingerprint density at radius 2 is 1.34 bits per heavy atom. The van der Waals surface area contributed by atoms with Gasteiger partial charge in [0.05, 0.1) is 0 Å². The van der Waals surface area contributed by atoms with Gasteiger partial charge in [-0.05, 0) is 48.4 Å². The maximum atomic E-state index is 13.7. The summed E-state index contributed by atoms with van der Waals surface area (Å²) < 4.78 is 0. The number of benzene rings is 3. The predicted octanol–water partition coefficient (Wildman–Crippen LogP) is 5.74. The molecule has 0 aliphatic carbocycles. The quantitative estimate of drug-likeness (QED) is 0.367. The van der Waals surface area contributed by atoms with Gasteiger partial charge < -0.3 is 10.2 Å². The van der Waals surface area contributed by atoms with Crippen LogP contribution in [0.2, 0.25) is 0 Å². The highest BCUT2D eigenvalue weighted by Gasteiger charge is 2.30. The fraction of sp³-hybridized carbons (Fsp3) is 0.355. The number of rotatable bonds is 12. The first-order valence-electron chi connectivity index (χ1n) is 12.8. The molecule has 0 saturated carbocycles. The minimum atomic E-state index is -0.582. The van der Waals surface area contributed by atoms with Crippen LogP contribution in [0.25, 0.3) is 0 Å². The number of carbonyl (C=O) groups is 2. The Morgan fingerprint density at radius 3 is 1.91 bits per heavy atom.